The van der Waals surface area contributed by atoms with Crippen molar-refractivity contribution < 1.29 is 23.2 Å². The van der Waals surface area contributed by atoms with E-state index in [0.29, 0.717) is 24.8 Å². The first kappa shape index (κ1) is 17.4. The zero-order valence-electron chi connectivity index (χ0n) is 12.4. The van der Waals surface area contributed by atoms with Gasteiger partial charge in [0, 0.05) is 18.7 Å². The molecule has 0 aromatic heterocycles. The molecule has 1 aromatic carbocycles. The van der Waals surface area contributed by atoms with Gasteiger partial charge < -0.3 is 5.11 Å². The predicted octanol–water partition coefficient (Wildman–Crippen LogP) is 1.41. The third-order valence-corrected chi connectivity index (χ3v) is 5.76. The number of piperidine rings is 1. The van der Waals surface area contributed by atoms with Crippen molar-refractivity contribution in [2.45, 2.75) is 31.7 Å². The maximum atomic E-state index is 12.4. The first-order valence-electron chi connectivity index (χ1n) is 7.27. The minimum Gasteiger partial charge on any atom is -0.480 e. The third kappa shape index (κ3) is 4.26. The summed E-state index contributed by atoms with van der Waals surface area (Å²) in [5, 5.41) is 19.8. The molecule has 2 rings (SSSR count). The van der Waals surface area contributed by atoms with E-state index < -0.39 is 27.0 Å². The summed E-state index contributed by atoms with van der Waals surface area (Å²) in [5.41, 5.74) is 0.599. The van der Waals surface area contributed by atoms with Crippen molar-refractivity contribution in [3.63, 3.8) is 0 Å². The predicted molar refractivity (Wildman–Crippen MR) is 82.6 cm³/mol. The van der Waals surface area contributed by atoms with Gasteiger partial charge >= 0.3 is 5.97 Å². The van der Waals surface area contributed by atoms with Gasteiger partial charge in [0.15, 0.2) is 0 Å². The fourth-order valence-corrected chi connectivity index (χ4v) is 4.35. The summed E-state index contributed by atoms with van der Waals surface area (Å²) in [6.07, 6.45) is 1.86. The highest BCUT2D eigenvalue weighted by Crippen LogP contribution is 2.22. The second kappa shape index (κ2) is 7.05. The van der Waals surface area contributed by atoms with Gasteiger partial charge in [-0.05, 0) is 31.2 Å². The SMILES string of the molecule is O=C(O)C1CCCCN1S(=O)(=O)CCc1ccc([N+](=O)[O-])cc1. The Morgan fingerprint density at radius 1 is 1.30 bits per heavy atom. The van der Waals surface area contributed by atoms with E-state index in [2.05, 4.69) is 0 Å². The largest absolute Gasteiger partial charge is 0.480 e. The summed E-state index contributed by atoms with van der Waals surface area (Å²) in [6, 6.07) is 4.67. The number of nitro benzene ring substituents is 1. The average Bonchev–Trinajstić information content (AvgIpc) is 2.53. The highest BCUT2D eigenvalue weighted by atomic mass is 32.2. The minimum absolute atomic E-state index is 0.0569. The van der Waals surface area contributed by atoms with Crippen LogP contribution in [-0.4, -0.2) is 47.1 Å². The molecule has 1 aliphatic heterocycles. The van der Waals surface area contributed by atoms with E-state index in [9.17, 15) is 23.3 Å². The Kier molecular flexibility index (Phi) is 5.32. The van der Waals surface area contributed by atoms with E-state index in [1.165, 1.54) is 24.3 Å². The standard InChI is InChI=1S/C14H18N2O6S/c17-14(18)13-3-1-2-9-15(13)23(21,22)10-8-11-4-6-12(7-5-11)16(19)20/h4-7,13H,1-3,8-10H2,(H,17,18). The molecule has 0 spiro atoms. The molecule has 23 heavy (non-hydrogen) atoms. The number of non-ortho nitro benzene ring substituents is 1. The topological polar surface area (TPSA) is 118 Å². The van der Waals surface area contributed by atoms with Crippen molar-refractivity contribution in [3.05, 3.63) is 39.9 Å². The normalized spacial score (nSPS) is 19.4. The number of hydrogen-bond donors (Lipinski definition) is 1. The molecule has 9 heteroatoms. The second-order valence-electron chi connectivity index (χ2n) is 5.45. The van der Waals surface area contributed by atoms with Crippen LogP contribution in [0.15, 0.2) is 24.3 Å². The first-order valence-corrected chi connectivity index (χ1v) is 8.88. The van der Waals surface area contributed by atoms with E-state index in [4.69, 9.17) is 5.11 Å². The van der Waals surface area contributed by atoms with Crippen LogP contribution in [-0.2, 0) is 21.2 Å². The van der Waals surface area contributed by atoms with Crippen molar-refractivity contribution in [1.82, 2.24) is 4.31 Å². The lowest BCUT2D eigenvalue weighted by Gasteiger charge is -2.31. The fourth-order valence-electron chi connectivity index (χ4n) is 2.63. The number of nitrogens with zero attached hydrogens (tertiary/aromatic N) is 2. The molecular weight excluding hydrogens is 324 g/mol. The summed E-state index contributed by atoms with van der Waals surface area (Å²) in [6.45, 7) is 0.222. The van der Waals surface area contributed by atoms with Gasteiger partial charge in [-0.3, -0.25) is 14.9 Å². The molecule has 0 saturated carbocycles. The molecule has 0 bridgehead atoms. The Morgan fingerprint density at radius 2 is 1.96 bits per heavy atom. The maximum Gasteiger partial charge on any atom is 0.322 e. The van der Waals surface area contributed by atoms with Gasteiger partial charge in [0.1, 0.15) is 6.04 Å². The Labute approximate surface area is 133 Å². The lowest BCUT2D eigenvalue weighted by atomic mass is 10.1. The average molecular weight is 342 g/mol. The number of benzene rings is 1. The smallest absolute Gasteiger partial charge is 0.322 e. The molecular formula is C14H18N2O6S. The van der Waals surface area contributed by atoms with Crippen LogP contribution >= 0.6 is 0 Å². The molecule has 1 aliphatic rings. The molecule has 1 fully saturated rings. The van der Waals surface area contributed by atoms with Crippen LogP contribution in [0.4, 0.5) is 5.69 Å². The zero-order valence-corrected chi connectivity index (χ0v) is 13.2. The van der Waals surface area contributed by atoms with E-state index in [1.807, 2.05) is 0 Å². The summed E-state index contributed by atoms with van der Waals surface area (Å²) < 4.78 is 25.9. The van der Waals surface area contributed by atoms with Gasteiger partial charge in [-0.15, -0.1) is 0 Å². The van der Waals surface area contributed by atoms with E-state index in [0.717, 1.165) is 4.31 Å². The molecule has 1 aromatic rings. The number of nitro groups is 1. The Hall–Kier alpha value is -2.00. The zero-order chi connectivity index (χ0) is 17.0. The number of aliphatic carboxylic acids is 1. The lowest BCUT2D eigenvalue weighted by Crippen LogP contribution is -2.48. The van der Waals surface area contributed by atoms with Crippen LogP contribution in [0.5, 0.6) is 0 Å². The molecule has 0 radical (unpaired) electrons. The van der Waals surface area contributed by atoms with Crippen LogP contribution in [0.25, 0.3) is 0 Å². The quantitative estimate of drug-likeness (QED) is 0.617. The van der Waals surface area contributed by atoms with Gasteiger partial charge in [-0.2, -0.15) is 4.31 Å². The summed E-state index contributed by atoms with van der Waals surface area (Å²) in [7, 11) is -3.68. The maximum absolute atomic E-state index is 12.4. The molecule has 1 unspecified atom stereocenters. The van der Waals surface area contributed by atoms with Gasteiger partial charge in [0.05, 0.1) is 10.7 Å². The van der Waals surface area contributed by atoms with Gasteiger partial charge in [-0.25, -0.2) is 8.42 Å². The summed E-state index contributed by atoms with van der Waals surface area (Å²) in [5.74, 6) is -1.34. The van der Waals surface area contributed by atoms with Crippen molar-refractivity contribution in [3.8, 4) is 0 Å². The van der Waals surface area contributed by atoms with Crippen LogP contribution in [0, 0.1) is 10.1 Å². The molecule has 1 heterocycles. The van der Waals surface area contributed by atoms with Crippen LogP contribution in [0.1, 0.15) is 24.8 Å². The van der Waals surface area contributed by atoms with Crippen molar-refractivity contribution in [2.24, 2.45) is 0 Å². The van der Waals surface area contributed by atoms with E-state index >= 15 is 0 Å². The van der Waals surface area contributed by atoms with Crippen molar-refractivity contribution >= 4 is 21.7 Å². The molecule has 1 N–H and O–H groups in total. The number of rotatable bonds is 6. The van der Waals surface area contributed by atoms with Crippen molar-refractivity contribution in [2.75, 3.05) is 12.3 Å². The molecule has 1 saturated heterocycles. The molecule has 0 aliphatic carbocycles. The highest BCUT2D eigenvalue weighted by Gasteiger charge is 2.36. The monoisotopic (exact) mass is 342 g/mol. The summed E-state index contributed by atoms with van der Waals surface area (Å²) >= 11 is 0. The number of carboxylic acid groups (broad SMARTS) is 1. The molecule has 1 atom stereocenters. The molecule has 8 nitrogen and oxygen atoms in total. The van der Waals surface area contributed by atoms with Gasteiger partial charge in [0.2, 0.25) is 10.0 Å². The Balaban J connectivity index is 2.05. The van der Waals surface area contributed by atoms with Gasteiger partial charge in [0.25, 0.3) is 5.69 Å². The van der Waals surface area contributed by atoms with Crippen LogP contribution in [0.2, 0.25) is 0 Å². The number of carbonyl (C=O) groups is 1. The number of carboxylic acids is 1. The first-order chi connectivity index (χ1) is 10.8. The van der Waals surface area contributed by atoms with Crippen LogP contribution in [0.3, 0.4) is 0 Å². The lowest BCUT2D eigenvalue weighted by molar-refractivity contribution is -0.384. The Morgan fingerprint density at radius 3 is 2.52 bits per heavy atom. The minimum atomic E-state index is -3.68. The van der Waals surface area contributed by atoms with Crippen LogP contribution < -0.4 is 0 Å². The summed E-state index contributed by atoms with van der Waals surface area (Å²) in [4.78, 5) is 21.3. The molecule has 0 amide bonds. The Bertz CT molecular complexity index is 686. The van der Waals surface area contributed by atoms with Crippen molar-refractivity contribution in [1.29, 1.82) is 0 Å². The number of hydrogen-bond acceptors (Lipinski definition) is 5. The van der Waals surface area contributed by atoms with E-state index in [1.54, 1.807) is 0 Å². The van der Waals surface area contributed by atoms with E-state index in [-0.39, 0.29) is 24.4 Å². The fraction of sp³-hybridized carbons (Fsp3) is 0.500. The third-order valence-electron chi connectivity index (χ3n) is 3.89. The molecule has 126 valence electrons. The number of sulfonamides is 1. The van der Waals surface area contributed by atoms with Gasteiger partial charge in [-0.1, -0.05) is 12.1 Å². The highest BCUT2D eigenvalue weighted by molar-refractivity contribution is 7.89. The number of aryl methyl sites for hydroxylation is 1. The second-order valence-corrected chi connectivity index (χ2v) is 7.49.